The van der Waals surface area contributed by atoms with Crippen molar-refractivity contribution in [2.24, 2.45) is 5.92 Å². The fraction of sp³-hybridized carbons (Fsp3) is 0.297. The zero-order chi connectivity index (χ0) is 34.8. The Kier molecular flexibility index (Phi) is 12.9. The van der Waals surface area contributed by atoms with Gasteiger partial charge in [0.25, 0.3) is 10.0 Å². The number of amides is 2. The Morgan fingerprint density at radius 2 is 1.48 bits per heavy atom. The number of benzene rings is 4. The van der Waals surface area contributed by atoms with Crippen molar-refractivity contribution in [2.45, 2.75) is 51.6 Å². The summed E-state index contributed by atoms with van der Waals surface area (Å²) >= 11 is 13.2. The maximum Gasteiger partial charge on any atom is 0.264 e. The molecule has 4 aromatic rings. The summed E-state index contributed by atoms with van der Waals surface area (Å²) in [6.45, 7) is 7.75. The fourth-order valence-corrected chi connectivity index (χ4v) is 7.00. The van der Waals surface area contributed by atoms with E-state index in [1.165, 1.54) is 17.0 Å². The van der Waals surface area contributed by atoms with Crippen LogP contribution in [0.1, 0.15) is 37.5 Å². The number of carbonyl (C=O) groups is 2. The number of sulfonamides is 1. The summed E-state index contributed by atoms with van der Waals surface area (Å²) < 4.78 is 35.1. The SMILES string of the molecule is CCOc1ccc(N(CC(=O)N(Cc2c(Cl)cccc2Cl)C(Cc2ccccc2)C(=O)NCC(C)C)S(=O)(=O)c2ccc(C)cc2)cc1. The number of carbonyl (C=O) groups excluding carboxylic acids is 2. The molecule has 1 atom stereocenters. The van der Waals surface area contributed by atoms with Gasteiger partial charge in [-0.3, -0.25) is 13.9 Å². The van der Waals surface area contributed by atoms with Crippen molar-refractivity contribution in [3.8, 4) is 5.75 Å². The topological polar surface area (TPSA) is 96.0 Å². The number of ether oxygens (including phenoxy) is 1. The van der Waals surface area contributed by atoms with Crippen LogP contribution in [0.5, 0.6) is 5.75 Å². The molecule has 1 N–H and O–H groups in total. The number of nitrogens with zero attached hydrogens (tertiary/aromatic N) is 2. The third kappa shape index (κ3) is 9.52. The maximum atomic E-state index is 14.7. The van der Waals surface area contributed by atoms with Crippen LogP contribution in [0.25, 0.3) is 0 Å². The molecule has 0 radical (unpaired) electrons. The molecule has 0 saturated heterocycles. The molecule has 0 heterocycles. The summed E-state index contributed by atoms with van der Waals surface area (Å²) in [7, 11) is -4.25. The molecule has 0 bridgehead atoms. The van der Waals surface area contributed by atoms with Crippen LogP contribution in [0.15, 0.2) is 102 Å². The van der Waals surface area contributed by atoms with Crippen LogP contribution in [0.4, 0.5) is 5.69 Å². The summed E-state index contributed by atoms with van der Waals surface area (Å²) in [5, 5.41) is 3.61. The van der Waals surface area contributed by atoms with E-state index in [1.54, 1.807) is 54.6 Å². The molecule has 254 valence electrons. The lowest BCUT2D eigenvalue weighted by molar-refractivity contribution is -0.140. The molecule has 2 amide bonds. The normalized spacial score (nSPS) is 12.0. The van der Waals surface area contributed by atoms with Crippen molar-refractivity contribution in [1.29, 1.82) is 0 Å². The Hall–Kier alpha value is -4.05. The Bertz CT molecular complexity index is 1760. The molecular formula is C37H41Cl2N3O5S. The largest absolute Gasteiger partial charge is 0.494 e. The van der Waals surface area contributed by atoms with Crippen LogP contribution in [-0.2, 0) is 32.6 Å². The highest BCUT2D eigenvalue weighted by molar-refractivity contribution is 7.92. The average molecular weight is 711 g/mol. The van der Waals surface area contributed by atoms with E-state index in [0.29, 0.717) is 34.5 Å². The second-order valence-corrected chi connectivity index (χ2v) is 14.5. The van der Waals surface area contributed by atoms with Crippen LogP contribution >= 0.6 is 23.2 Å². The number of hydrogen-bond acceptors (Lipinski definition) is 5. The van der Waals surface area contributed by atoms with E-state index in [9.17, 15) is 18.0 Å². The minimum Gasteiger partial charge on any atom is -0.494 e. The number of rotatable bonds is 15. The molecule has 48 heavy (non-hydrogen) atoms. The van der Waals surface area contributed by atoms with Gasteiger partial charge in [-0.05, 0) is 73.9 Å². The van der Waals surface area contributed by atoms with Crippen molar-refractivity contribution in [2.75, 3.05) is 24.0 Å². The minimum absolute atomic E-state index is 0.0194. The molecule has 0 fully saturated rings. The van der Waals surface area contributed by atoms with E-state index in [0.717, 1.165) is 15.4 Å². The van der Waals surface area contributed by atoms with Crippen LogP contribution in [0.3, 0.4) is 0 Å². The van der Waals surface area contributed by atoms with Crippen LogP contribution < -0.4 is 14.4 Å². The lowest BCUT2D eigenvalue weighted by Gasteiger charge is -2.34. The number of halogens is 2. The molecule has 1 unspecified atom stereocenters. The average Bonchev–Trinajstić information content (AvgIpc) is 3.06. The Labute approximate surface area is 293 Å². The zero-order valence-corrected chi connectivity index (χ0v) is 29.9. The van der Waals surface area contributed by atoms with Crippen molar-refractivity contribution in [3.05, 3.63) is 124 Å². The third-order valence-electron chi connectivity index (χ3n) is 7.67. The summed E-state index contributed by atoms with van der Waals surface area (Å²) in [4.78, 5) is 30.0. The molecule has 0 aliphatic carbocycles. The first-order chi connectivity index (χ1) is 22.9. The molecule has 4 rings (SSSR count). The summed E-state index contributed by atoms with van der Waals surface area (Å²) in [6.07, 6.45) is 0.173. The third-order valence-corrected chi connectivity index (χ3v) is 10.2. The monoisotopic (exact) mass is 709 g/mol. The summed E-state index contributed by atoms with van der Waals surface area (Å²) in [5.41, 5.74) is 2.40. The first-order valence-electron chi connectivity index (χ1n) is 15.8. The molecule has 0 aromatic heterocycles. The predicted octanol–water partition coefficient (Wildman–Crippen LogP) is 7.31. The van der Waals surface area contributed by atoms with Gasteiger partial charge in [0.05, 0.1) is 17.2 Å². The van der Waals surface area contributed by atoms with Crippen LogP contribution in [0.2, 0.25) is 10.0 Å². The quantitative estimate of drug-likeness (QED) is 0.140. The number of nitrogens with one attached hydrogen (secondary N) is 1. The second kappa shape index (κ2) is 16.9. The van der Waals surface area contributed by atoms with Gasteiger partial charge in [0.1, 0.15) is 18.3 Å². The highest BCUT2D eigenvalue weighted by Crippen LogP contribution is 2.30. The van der Waals surface area contributed by atoms with Gasteiger partial charge in [0, 0.05) is 35.1 Å². The summed E-state index contributed by atoms with van der Waals surface area (Å²) in [5.74, 6) is -0.280. The van der Waals surface area contributed by atoms with Gasteiger partial charge >= 0.3 is 0 Å². The molecule has 0 aliphatic rings. The Morgan fingerprint density at radius 3 is 2.06 bits per heavy atom. The van der Waals surface area contributed by atoms with Crippen molar-refractivity contribution in [3.63, 3.8) is 0 Å². The van der Waals surface area contributed by atoms with Crippen molar-refractivity contribution in [1.82, 2.24) is 10.2 Å². The van der Waals surface area contributed by atoms with Gasteiger partial charge in [-0.15, -0.1) is 0 Å². The number of hydrogen-bond donors (Lipinski definition) is 1. The zero-order valence-electron chi connectivity index (χ0n) is 27.5. The number of aryl methyl sites for hydroxylation is 1. The molecule has 0 spiro atoms. The molecule has 0 aliphatic heterocycles. The minimum atomic E-state index is -4.25. The number of anilines is 1. The Balaban J connectivity index is 1.83. The highest BCUT2D eigenvalue weighted by atomic mass is 35.5. The lowest BCUT2D eigenvalue weighted by atomic mass is 10.0. The molecule has 0 saturated carbocycles. The lowest BCUT2D eigenvalue weighted by Crippen LogP contribution is -2.53. The molecule has 8 nitrogen and oxygen atoms in total. The van der Waals surface area contributed by atoms with Gasteiger partial charge in [0.2, 0.25) is 11.8 Å². The maximum absolute atomic E-state index is 14.7. The van der Waals surface area contributed by atoms with E-state index >= 15 is 0 Å². The van der Waals surface area contributed by atoms with Gasteiger partial charge in [-0.2, -0.15) is 0 Å². The van der Waals surface area contributed by atoms with Crippen molar-refractivity contribution < 1.29 is 22.7 Å². The van der Waals surface area contributed by atoms with E-state index in [4.69, 9.17) is 27.9 Å². The van der Waals surface area contributed by atoms with E-state index in [1.807, 2.05) is 58.0 Å². The summed E-state index contributed by atoms with van der Waals surface area (Å²) in [6, 6.07) is 26.2. The van der Waals surface area contributed by atoms with E-state index < -0.39 is 28.5 Å². The van der Waals surface area contributed by atoms with E-state index in [-0.39, 0.29) is 35.4 Å². The Morgan fingerprint density at radius 1 is 0.854 bits per heavy atom. The van der Waals surface area contributed by atoms with E-state index in [2.05, 4.69) is 5.32 Å². The fourth-order valence-electron chi connectivity index (χ4n) is 5.07. The van der Waals surface area contributed by atoms with Gasteiger partial charge in [-0.25, -0.2) is 8.42 Å². The first-order valence-corrected chi connectivity index (χ1v) is 18.0. The molecule has 4 aromatic carbocycles. The molecular weight excluding hydrogens is 669 g/mol. The highest BCUT2D eigenvalue weighted by Gasteiger charge is 2.35. The molecule has 11 heteroatoms. The smallest absolute Gasteiger partial charge is 0.264 e. The second-order valence-electron chi connectivity index (χ2n) is 11.8. The first kappa shape index (κ1) is 36.8. The van der Waals surface area contributed by atoms with Crippen molar-refractivity contribution >= 4 is 50.7 Å². The predicted molar refractivity (Wildman–Crippen MR) is 192 cm³/mol. The van der Waals surface area contributed by atoms with Gasteiger partial charge in [-0.1, -0.05) is 91.1 Å². The van der Waals surface area contributed by atoms with Gasteiger partial charge < -0.3 is 15.0 Å². The standard InChI is InChI=1S/C37H41Cl2N3O5S/c1-5-47-30-18-16-29(17-19-30)42(48(45,46)31-20-14-27(4)15-21-31)25-36(43)41(24-32-33(38)12-9-13-34(32)39)35(37(44)40-23-26(2)3)22-28-10-7-6-8-11-28/h6-21,26,35H,5,22-25H2,1-4H3,(H,40,44). The van der Waals surface area contributed by atoms with Crippen LogP contribution in [-0.4, -0.2) is 50.9 Å². The van der Waals surface area contributed by atoms with Gasteiger partial charge in [0.15, 0.2) is 0 Å². The van der Waals surface area contributed by atoms with Crippen LogP contribution in [0, 0.1) is 12.8 Å².